The molecular weight excluding hydrogens is 425 g/mol. The summed E-state index contributed by atoms with van der Waals surface area (Å²) in [6, 6.07) is 22.3. The smallest absolute Gasteiger partial charge is 0.350 e. The third-order valence-electron chi connectivity index (χ3n) is 5.99. The quantitative estimate of drug-likeness (QED) is 0.353. The fraction of sp³-hybridized carbons (Fsp3) is 0.222. The predicted molar refractivity (Wildman–Crippen MR) is 124 cm³/mol. The summed E-state index contributed by atoms with van der Waals surface area (Å²) in [6.45, 7) is 1.89. The molecule has 170 valence electrons. The van der Waals surface area contributed by atoms with Gasteiger partial charge < -0.3 is 9.88 Å². The molecule has 0 aliphatic carbocycles. The third-order valence-corrected chi connectivity index (χ3v) is 5.99. The minimum absolute atomic E-state index is 0.0342. The van der Waals surface area contributed by atoms with Crippen LogP contribution in [0.4, 0.5) is 13.2 Å². The molecular formula is C27H25F3N2O. The molecule has 4 aromatic rings. The maximum absolute atomic E-state index is 13.4. The Balaban J connectivity index is 1.71. The molecule has 0 bridgehead atoms. The molecule has 3 nitrogen and oxygen atoms in total. The summed E-state index contributed by atoms with van der Waals surface area (Å²) in [7, 11) is 1.90. The van der Waals surface area contributed by atoms with Crippen LogP contribution in [0, 0.1) is 0 Å². The first-order chi connectivity index (χ1) is 15.7. The number of carbonyl (C=O) groups excluding carboxylic acids is 1. The summed E-state index contributed by atoms with van der Waals surface area (Å²) in [4.78, 5) is 13.1. The van der Waals surface area contributed by atoms with Gasteiger partial charge in [0.15, 0.2) is 0 Å². The van der Waals surface area contributed by atoms with E-state index >= 15 is 0 Å². The van der Waals surface area contributed by atoms with E-state index in [2.05, 4.69) is 5.32 Å². The largest absolute Gasteiger partial charge is 0.416 e. The highest BCUT2D eigenvalue weighted by Gasteiger charge is 2.32. The maximum atomic E-state index is 13.4. The molecule has 3 aromatic carbocycles. The molecule has 0 saturated carbocycles. The van der Waals surface area contributed by atoms with Gasteiger partial charge in [-0.25, -0.2) is 0 Å². The molecule has 0 radical (unpaired) electrons. The highest BCUT2D eigenvalue weighted by Crippen LogP contribution is 2.37. The number of benzene rings is 3. The van der Waals surface area contributed by atoms with Gasteiger partial charge in [-0.15, -0.1) is 0 Å². The molecule has 6 heteroatoms. The van der Waals surface area contributed by atoms with Crippen molar-refractivity contribution < 1.29 is 18.0 Å². The van der Waals surface area contributed by atoms with Gasteiger partial charge in [0.25, 0.3) is 0 Å². The van der Waals surface area contributed by atoms with Gasteiger partial charge in [-0.3, -0.25) is 4.79 Å². The Morgan fingerprint density at radius 3 is 2.33 bits per heavy atom. The van der Waals surface area contributed by atoms with Gasteiger partial charge in [-0.05, 0) is 35.7 Å². The van der Waals surface area contributed by atoms with E-state index in [0.29, 0.717) is 5.56 Å². The van der Waals surface area contributed by atoms with Crippen molar-refractivity contribution in [3.8, 4) is 0 Å². The first kappa shape index (κ1) is 22.6. The number of rotatable bonds is 6. The molecule has 0 spiro atoms. The molecule has 0 aliphatic rings. The van der Waals surface area contributed by atoms with Crippen LogP contribution in [-0.2, 0) is 18.0 Å². The van der Waals surface area contributed by atoms with E-state index in [1.54, 1.807) is 6.07 Å². The van der Waals surface area contributed by atoms with Crippen molar-refractivity contribution in [2.75, 3.05) is 0 Å². The van der Waals surface area contributed by atoms with Gasteiger partial charge in [0.1, 0.15) is 0 Å². The van der Waals surface area contributed by atoms with E-state index in [-0.39, 0.29) is 18.4 Å². The normalized spacial score (nSPS) is 13.6. The predicted octanol–water partition coefficient (Wildman–Crippen LogP) is 6.60. The second-order valence-electron chi connectivity index (χ2n) is 8.29. The molecule has 0 saturated heterocycles. The standard InChI is InChI=1S/C27H25F3N2O/c1-18(19-9-4-3-5-10-19)31-26(33)16-23(20-11-8-12-21(15-20)27(28,29)30)24-17-32(2)25-14-7-6-13-22(24)25/h3-15,17-18,23H,16H2,1-2H3,(H,31,33). The lowest BCUT2D eigenvalue weighted by molar-refractivity contribution is -0.137. The van der Waals surface area contributed by atoms with Gasteiger partial charge in [0.2, 0.25) is 5.91 Å². The number of nitrogens with zero attached hydrogens (tertiary/aromatic N) is 1. The van der Waals surface area contributed by atoms with Crippen LogP contribution >= 0.6 is 0 Å². The molecule has 0 fully saturated rings. The SMILES string of the molecule is CC(NC(=O)CC(c1cccc(C(F)(F)F)c1)c1cn(C)c2ccccc12)c1ccccc1. The van der Waals surface area contributed by atoms with E-state index < -0.39 is 17.7 Å². The van der Waals surface area contributed by atoms with Crippen molar-refractivity contribution >= 4 is 16.8 Å². The molecule has 0 aliphatic heterocycles. The summed E-state index contributed by atoms with van der Waals surface area (Å²) < 4.78 is 42.2. The zero-order chi connectivity index (χ0) is 23.6. The van der Waals surface area contributed by atoms with Crippen LogP contribution in [0.15, 0.2) is 85.1 Å². The van der Waals surface area contributed by atoms with Gasteiger partial charge >= 0.3 is 6.18 Å². The number of amides is 1. The lowest BCUT2D eigenvalue weighted by Crippen LogP contribution is -2.28. The Labute approximate surface area is 190 Å². The minimum Gasteiger partial charge on any atom is -0.350 e. The minimum atomic E-state index is -4.45. The van der Waals surface area contributed by atoms with Crippen LogP contribution in [0.3, 0.4) is 0 Å². The first-order valence-electron chi connectivity index (χ1n) is 10.8. The zero-order valence-corrected chi connectivity index (χ0v) is 18.4. The van der Waals surface area contributed by atoms with Crippen molar-refractivity contribution in [3.63, 3.8) is 0 Å². The molecule has 1 amide bonds. The number of hydrogen-bond acceptors (Lipinski definition) is 1. The maximum Gasteiger partial charge on any atom is 0.416 e. The highest BCUT2D eigenvalue weighted by atomic mass is 19.4. The van der Waals surface area contributed by atoms with E-state index in [0.717, 1.165) is 34.2 Å². The van der Waals surface area contributed by atoms with Crippen LogP contribution in [-0.4, -0.2) is 10.5 Å². The molecule has 33 heavy (non-hydrogen) atoms. The summed E-state index contributed by atoms with van der Waals surface area (Å²) in [5.74, 6) is -0.747. The Bertz CT molecular complexity index is 1260. The summed E-state index contributed by atoms with van der Waals surface area (Å²) in [5.41, 5.74) is 2.50. The summed E-state index contributed by atoms with van der Waals surface area (Å²) >= 11 is 0. The van der Waals surface area contributed by atoms with Crippen LogP contribution in [0.25, 0.3) is 10.9 Å². The topological polar surface area (TPSA) is 34.0 Å². The Kier molecular flexibility index (Phi) is 6.27. The summed E-state index contributed by atoms with van der Waals surface area (Å²) in [6.07, 6.45) is -2.51. The van der Waals surface area contributed by atoms with Gasteiger partial charge in [0.05, 0.1) is 11.6 Å². The zero-order valence-electron chi connectivity index (χ0n) is 18.4. The number of carbonyl (C=O) groups is 1. The van der Waals surface area contributed by atoms with Crippen molar-refractivity contribution in [2.45, 2.75) is 31.5 Å². The average Bonchev–Trinajstić information content (AvgIpc) is 3.14. The van der Waals surface area contributed by atoms with Crippen LogP contribution in [0.1, 0.15) is 47.6 Å². The Morgan fingerprint density at radius 1 is 0.939 bits per heavy atom. The number of halogens is 3. The number of nitrogens with one attached hydrogen (secondary N) is 1. The fourth-order valence-corrected chi connectivity index (χ4v) is 4.30. The van der Waals surface area contributed by atoms with Crippen molar-refractivity contribution in [1.82, 2.24) is 9.88 Å². The third kappa shape index (κ3) is 4.95. The molecule has 2 unspecified atom stereocenters. The Morgan fingerprint density at radius 2 is 1.61 bits per heavy atom. The van der Waals surface area contributed by atoms with Gasteiger partial charge in [0, 0.05) is 36.5 Å². The number of aryl methyl sites for hydroxylation is 1. The monoisotopic (exact) mass is 450 g/mol. The van der Waals surface area contributed by atoms with E-state index in [1.165, 1.54) is 6.07 Å². The number of alkyl halides is 3. The molecule has 1 aromatic heterocycles. The lowest BCUT2D eigenvalue weighted by Gasteiger charge is -2.21. The molecule has 2 atom stereocenters. The second-order valence-corrected chi connectivity index (χ2v) is 8.29. The number of hydrogen-bond donors (Lipinski definition) is 1. The number of fused-ring (bicyclic) bond motifs is 1. The van der Waals surface area contributed by atoms with Crippen LogP contribution in [0.5, 0.6) is 0 Å². The first-order valence-corrected chi connectivity index (χ1v) is 10.8. The van der Waals surface area contributed by atoms with E-state index in [4.69, 9.17) is 0 Å². The summed E-state index contributed by atoms with van der Waals surface area (Å²) in [5, 5.41) is 3.92. The number of aromatic nitrogens is 1. The highest BCUT2D eigenvalue weighted by molar-refractivity contribution is 5.86. The van der Waals surface area contributed by atoms with E-state index in [9.17, 15) is 18.0 Å². The molecule has 1 N–H and O–H groups in total. The van der Waals surface area contributed by atoms with Crippen LogP contribution < -0.4 is 5.32 Å². The molecule has 4 rings (SSSR count). The van der Waals surface area contributed by atoms with E-state index in [1.807, 2.05) is 79.3 Å². The second kappa shape index (κ2) is 9.14. The average molecular weight is 451 g/mol. The van der Waals surface area contributed by atoms with Gasteiger partial charge in [-0.2, -0.15) is 13.2 Å². The van der Waals surface area contributed by atoms with Crippen molar-refractivity contribution in [3.05, 3.63) is 107 Å². The Hall–Kier alpha value is -3.54. The van der Waals surface area contributed by atoms with Crippen molar-refractivity contribution in [1.29, 1.82) is 0 Å². The van der Waals surface area contributed by atoms with Gasteiger partial charge in [-0.1, -0.05) is 66.7 Å². The molecule has 1 heterocycles. The van der Waals surface area contributed by atoms with Crippen LogP contribution in [0.2, 0.25) is 0 Å². The van der Waals surface area contributed by atoms with Crippen molar-refractivity contribution in [2.24, 2.45) is 7.05 Å². The lowest BCUT2D eigenvalue weighted by atomic mass is 9.87. The number of para-hydroxylation sites is 1. The fourth-order valence-electron chi connectivity index (χ4n) is 4.30.